The van der Waals surface area contributed by atoms with Gasteiger partial charge in [0.1, 0.15) is 17.5 Å². The van der Waals surface area contributed by atoms with Gasteiger partial charge in [-0.05, 0) is 48.4 Å². The predicted molar refractivity (Wildman–Crippen MR) is 147 cm³/mol. The number of fused-ring (bicyclic) bond motifs is 1. The SMILES string of the molecule is Cc1c(C(=O)NC(CC(=O)c2c(Cl)cc(C(=O)NCc3cccc(O)c3)cc2Cl)C(=O)O)[nH]c2ccccc12. The number of nitrogens with one attached hydrogen (secondary N) is 3. The molecule has 11 heteroatoms. The van der Waals surface area contributed by atoms with E-state index in [0.717, 1.165) is 5.39 Å². The van der Waals surface area contributed by atoms with E-state index in [2.05, 4.69) is 15.6 Å². The number of aryl methyl sites for hydroxylation is 1. The maximum atomic E-state index is 13.0. The molecule has 0 aliphatic rings. The van der Waals surface area contributed by atoms with Gasteiger partial charge in [-0.2, -0.15) is 0 Å². The van der Waals surface area contributed by atoms with Gasteiger partial charge >= 0.3 is 5.97 Å². The molecule has 1 aromatic heterocycles. The lowest BCUT2D eigenvalue weighted by atomic mass is 10.0. The van der Waals surface area contributed by atoms with E-state index in [1.54, 1.807) is 31.2 Å². The summed E-state index contributed by atoms with van der Waals surface area (Å²) in [7, 11) is 0. The lowest BCUT2D eigenvalue weighted by Gasteiger charge is -2.15. The van der Waals surface area contributed by atoms with Crippen molar-refractivity contribution in [2.45, 2.75) is 25.9 Å². The molecule has 1 unspecified atom stereocenters. The summed E-state index contributed by atoms with van der Waals surface area (Å²) in [6, 6.07) is 14.5. The molecule has 0 aliphatic heterocycles. The van der Waals surface area contributed by atoms with E-state index < -0.39 is 36.0 Å². The first-order valence-electron chi connectivity index (χ1n) is 11.7. The average Bonchev–Trinajstić information content (AvgIpc) is 3.23. The molecule has 0 fully saturated rings. The largest absolute Gasteiger partial charge is 0.508 e. The summed E-state index contributed by atoms with van der Waals surface area (Å²) in [6.45, 7) is 1.86. The van der Waals surface area contributed by atoms with Crippen molar-refractivity contribution in [2.75, 3.05) is 0 Å². The Kier molecular flexibility index (Phi) is 8.23. The smallest absolute Gasteiger partial charge is 0.326 e. The standard InChI is InChI=1S/C28H23Cl2N3O6/c1-14-18-7-2-3-8-21(18)32-25(14)27(37)33-22(28(38)39)12-23(35)24-19(29)10-16(11-20(24)30)26(36)31-13-15-5-4-6-17(34)9-15/h2-11,22,32,34H,12-13H2,1H3,(H,31,36)(H,33,37)(H,38,39). The van der Waals surface area contributed by atoms with Crippen molar-refractivity contribution < 1.29 is 29.4 Å². The van der Waals surface area contributed by atoms with Crippen LogP contribution in [0.15, 0.2) is 60.7 Å². The molecule has 5 N–H and O–H groups in total. The number of para-hydroxylation sites is 1. The van der Waals surface area contributed by atoms with Crippen molar-refractivity contribution in [1.82, 2.24) is 15.6 Å². The van der Waals surface area contributed by atoms with Gasteiger partial charge in [-0.15, -0.1) is 0 Å². The van der Waals surface area contributed by atoms with Crippen LogP contribution in [0.25, 0.3) is 10.9 Å². The van der Waals surface area contributed by atoms with Crippen LogP contribution in [0.5, 0.6) is 5.75 Å². The highest BCUT2D eigenvalue weighted by Gasteiger charge is 2.28. The Morgan fingerprint density at radius 3 is 2.28 bits per heavy atom. The monoisotopic (exact) mass is 567 g/mol. The van der Waals surface area contributed by atoms with Crippen LogP contribution in [0.2, 0.25) is 10.0 Å². The fourth-order valence-electron chi connectivity index (χ4n) is 4.15. The van der Waals surface area contributed by atoms with Crippen molar-refractivity contribution in [1.29, 1.82) is 0 Å². The minimum absolute atomic E-state index is 0.0583. The number of carbonyl (C=O) groups is 4. The topological polar surface area (TPSA) is 149 Å². The fraction of sp³-hybridized carbons (Fsp3) is 0.143. The Balaban J connectivity index is 1.47. The number of carboxylic acid groups (broad SMARTS) is 1. The van der Waals surface area contributed by atoms with Crippen molar-refractivity contribution in [3.05, 3.63) is 98.7 Å². The van der Waals surface area contributed by atoms with Gasteiger partial charge in [-0.3, -0.25) is 14.4 Å². The molecular formula is C28H23Cl2N3O6. The zero-order chi connectivity index (χ0) is 28.3. The van der Waals surface area contributed by atoms with Crippen molar-refractivity contribution in [3.63, 3.8) is 0 Å². The second-order valence-corrected chi connectivity index (χ2v) is 9.64. The number of amides is 2. The number of aromatic hydroxyl groups is 1. The Labute approximate surface area is 232 Å². The second kappa shape index (κ2) is 11.6. The number of ketones is 1. The van der Waals surface area contributed by atoms with Gasteiger partial charge in [0.2, 0.25) is 0 Å². The Morgan fingerprint density at radius 2 is 1.64 bits per heavy atom. The highest BCUT2D eigenvalue weighted by Crippen LogP contribution is 2.29. The minimum Gasteiger partial charge on any atom is -0.508 e. The van der Waals surface area contributed by atoms with Crippen LogP contribution in [0.4, 0.5) is 0 Å². The number of carboxylic acids is 1. The Hall–Kier alpha value is -4.34. The van der Waals surface area contributed by atoms with Crippen LogP contribution in [0, 0.1) is 6.92 Å². The number of aliphatic carboxylic acids is 1. The lowest BCUT2D eigenvalue weighted by molar-refractivity contribution is -0.139. The molecule has 0 saturated carbocycles. The molecule has 0 aliphatic carbocycles. The molecule has 0 radical (unpaired) electrons. The van der Waals surface area contributed by atoms with Crippen LogP contribution >= 0.6 is 23.2 Å². The summed E-state index contributed by atoms with van der Waals surface area (Å²) in [5, 5.41) is 24.8. The first kappa shape index (κ1) is 27.7. The first-order chi connectivity index (χ1) is 18.5. The third-order valence-corrected chi connectivity index (χ3v) is 6.73. The molecule has 0 spiro atoms. The summed E-state index contributed by atoms with van der Waals surface area (Å²) in [5.74, 6) is -3.29. The quantitative estimate of drug-likeness (QED) is 0.182. The van der Waals surface area contributed by atoms with Crippen LogP contribution in [0.1, 0.15) is 48.8 Å². The van der Waals surface area contributed by atoms with E-state index in [4.69, 9.17) is 23.2 Å². The molecule has 4 rings (SSSR count). The van der Waals surface area contributed by atoms with Gasteiger partial charge < -0.3 is 25.8 Å². The van der Waals surface area contributed by atoms with Crippen LogP contribution in [-0.2, 0) is 11.3 Å². The fourth-order valence-corrected chi connectivity index (χ4v) is 4.85. The number of benzene rings is 3. The zero-order valence-corrected chi connectivity index (χ0v) is 22.1. The van der Waals surface area contributed by atoms with E-state index >= 15 is 0 Å². The number of aromatic nitrogens is 1. The normalized spacial score (nSPS) is 11.7. The van der Waals surface area contributed by atoms with E-state index in [9.17, 15) is 29.4 Å². The van der Waals surface area contributed by atoms with Crippen molar-refractivity contribution in [3.8, 4) is 5.75 Å². The van der Waals surface area contributed by atoms with Crippen LogP contribution in [-0.4, -0.2) is 44.8 Å². The number of Topliss-reactive ketones (excluding diaryl/α,β-unsaturated/α-hetero) is 1. The third kappa shape index (κ3) is 6.22. The molecule has 39 heavy (non-hydrogen) atoms. The number of H-pyrrole nitrogens is 1. The Bertz CT molecular complexity index is 1590. The number of carbonyl (C=O) groups excluding carboxylic acids is 3. The number of hydrogen-bond donors (Lipinski definition) is 5. The summed E-state index contributed by atoms with van der Waals surface area (Å²) in [6.07, 6.45) is -0.622. The molecule has 4 aromatic rings. The lowest BCUT2D eigenvalue weighted by Crippen LogP contribution is -2.42. The third-order valence-electron chi connectivity index (χ3n) is 6.13. The summed E-state index contributed by atoms with van der Waals surface area (Å²) >= 11 is 12.6. The molecule has 3 aromatic carbocycles. The molecule has 200 valence electrons. The van der Waals surface area contributed by atoms with Gasteiger partial charge in [0.25, 0.3) is 11.8 Å². The molecule has 2 amide bonds. The van der Waals surface area contributed by atoms with Crippen LogP contribution < -0.4 is 10.6 Å². The Morgan fingerprint density at radius 1 is 0.949 bits per heavy atom. The highest BCUT2D eigenvalue weighted by atomic mass is 35.5. The summed E-state index contributed by atoms with van der Waals surface area (Å²) in [5.41, 5.74) is 2.13. The number of aromatic amines is 1. The summed E-state index contributed by atoms with van der Waals surface area (Å²) < 4.78 is 0. The van der Waals surface area contributed by atoms with E-state index in [1.807, 2.05) is 12.1 Å². The number of phenols is 1. The minimum atomic E-state index is -1.56. The first-order valence-corrected chi connectivity index (χ1v) is 12.5. The molecule has 1 heterocycles. The number of halogens is 2. The molecule has 0 bridgehead atoms. The van der Waals surface area contributed by atoms with Crippen molar-refractivity contribution >= 4 is 57.7 Å². The average molecular weight is 568 g/mol. The zero-order valence-electron chi connectivity index (χ0n) is 20.5. The van der Waals surface area contributed by atoms with Gasteiger partial charge in [-0.25, -0.2) is 4.79 Å². The molecule has 1 atom stereocenters. The highest BCUT2D eigenvalue weighted by molar-refractivity contribution is 6.40. The van der Waals surface area contributed by atoms with E-state index in [0.29, 0.717) is 16.6 Å². The van der Waals surface area contributed by atoms with Crippen LogP contribution in [0.3, 0.4) is 0 Å². The van der Waals surface area contributed by atoms with E-state index in [-0.39, 0.29) is 39.2 Å². The van der Waals surface area contributed by atoms with E-state index in [1.165, 1.54) is 24.3 Å². The van der Waals surface area contributed by atoms with Crippen molar-refractivity contribution in [2.24, 2.45) is 0 Å². The second-order valence-electron chi connectivity index (χ2n) is 8.83. The van der Waals surface area contributed by atoms with Gasteiger partial charge in [0.05, 0.1) is 15.6 Å². The number of phenolic OH excluding ortho intramolecular Hbond substituents is 1. The van der Waals surface area contributed by atoms with Gasteiger partial charge in [-0.1, -0.05) is 53.5 Å². The number of rotatable bonds is 9. The maximum absolute atomic E-state index is 13.0. The van der Waals surface area contributed by atoms with Gasteiger partial charge in [0, 0.05) is 29.4 Å². The molecular weight excluding hydrogens is 545 g/mol. The maximum Gasteiger partial charge on any atom is 0.326 e. The van der Waals surface area contributed by atoms with Gasteiger partial charge in [0.15, 0.2) is 5.78 Å². The predicted octanol–water partition coefficient (Wildman–Crippen LogP) is 4.87. The molecule has 0 saturated heterocycles. The molecule has 9 nitrogen and oxygen atoms in total. The number of hydrogen-bond acceptors (Lipinski definition) is 5. The summed E-state index contributed by atoms with van der Waals surface area (Å²) in [4.78, 5) is 53.4.